The summed E-state index contributed by atoms with van der Waals surface area (Å²) in [6.45, 7) is 4.28. The SMILES string of the molecule is COc1ccc(N)cc1CSCc1cc(C)cc(C)c1. The minimum Gasteiger partial charge on any atom is -0.496 e. The van der Waals surface area contributed by atoms with Crippen molar-refractivity contribution in [1.29, 1.82) is 0 Å². The molecule has 2 aromatic carbocycles. The number of nitrogens with two attached hydrogens (primary N) is 1. The Morgan fingerprint density at radius 1 is 1.00 bits per heavy atom. The van der Waals surface area contributed by atoms with Crippen LogP contribution in [-0.4, -0.2) is 7.11 Å². The van der Waals surface area contributed by atoms with Crippen LogP contribution in [-0.2, 0) is 11.5 Å². The van der Waals surface area contributed by atoms with Crippen molar-refractivity contribution in [3.05, 3.63) is 58.7 Å². The van der Waals surface area contributed by atoms with Gasteiger partial charge in [-0.05, 0) is 37.6 Å². The zero-order valence-corrected chi connectivity index (χ0v) is 13.1. The van der Waals surface area contributed by atoms with Crippen molar-refractivity contribution in [2.24, 2.45) is 0 Å². The lowest BCUT2D eigenvalue weighted by molar-refractivity contribution is 0.411. The summed E-state index contributed by atoms with van der Waals surface area (Å²) < 4.78 is 5.37. The van der Waals surface area contributed by atoms with E-state index in [1.54, 1.807) is 7.11 Å². The fourth-order valence-electron chi connectivity index (χ4n) is 2.34. The quantitative estimate of drug-likeness (QED) is 0.831. The second-order valence-electron chi connectivity index (χ2n) is 5.06. The molecule has 0 fully saturated rings. The van der Waals surface area contributed by atoms with E-state index in [0.29, 0.717) is 0 Å². The molecule has 2 N–H and O–H groups in total. The number of thioether (sulfide) groups is 1. The van der Waals surface area contributed by atoms with Crippen LogP contribution >= 0.6 is 11.8 Å². The van der Waals surface area contributed by atoms with Crippen LogP contribution in [0.3, 0.4) is 0 Å². The van der Waals surface area contributed by atoms with Gasteiger partial charge in [-0.3, -0.25) is 0 Å². The van der Waals surface area contributed by atoms with E-state index in [9.17, 15) is 0 Å². The largest absolute Gasteiger partial charge is 0.496 e. The highest BCUT2D eigenvalue weighted by atomic mass is 32.2. The van der Waals surface area contributed by atoms with Gasteiger partial charge in [0.2, 0.25) is 0 Å². The lowest BCUT2D eigenvalue weighted by atomic mass is 10.1. The van der Waals surface area contributed by atoms with Gasteiger partial charge in [-0.25, -0.2) is 0 Å². The highest BCUT2D eigenvalue weighted by Crippen LogP contribution is 2.27. The van der Waals surface area contributed by atoms with Crippen molar-refractivity contribution in [2.75, 3.05) is 12.8 Å². The first-order chi connectivity index (χ1) is 9.58. The molecule has 0 atom stereocenters. The molecular formula is C17H21NOS. The average Bonchev–Trinajstić information content (AvgIpc) is 2.38. The molecule has 0 aliphatic carbocycles. The van der Waals surface area contributed by atoms with Crippen molar-refractivity contribution in [3.63, 3.8) is 0 Å². The topological polar surface area (TPSA) is 35.2 Å². The number of rotatable bonds is 5. The molecule has 0 spiro atoms. The zero-order chi connectivity index (χ0) is 14.5. The normalized spacial score (nSPS) is 10.6. The number of ether oxygens (including phenoxy) is 1. The third-order valence-corrected chi connectivity index (χ3v) is 4.16. The van der Waals surface area contributed by atoms with E-state index in [1.165, 1.54) is 16.7 Å². The second kappa shape index (κ2) is 6.71. The maximum Gasteiger partial charge on any atom is 0.123 e. The van der Waals surface area contributed by atoms with E-state index in [4.69, 9.17) is 10.5 Å². The van der Waals surface area contributed by atoms with Gasteiger partial charge in [0.05, 0.1) is 7.11 Å². The first-order valence-corrected chi connectivity index (χ1v) is 7.81. The molecule has 0 saturated carbocycles. The van der Waals surface area contributed by atoms with Gasteiger partial charge in [-0.2, -0.15) is 11.8 Å². The van der Waals surface area contributed by atoms with Gasteiger partial charge in [0.15, 0.2) is 0 Å². The molecule has 0 amide bonds. The predicted molar refractivity (Wildman–Crippen MR) is 88.3 cm³/mol. The van der Waals surface area contributed by atoms with E-state index in [-0.39, 0.29) is 0 Å². The smallest absolute Gasteiger partial charge is 0.123 e. The Kier molecular flexibility index (Phi) is 4.96. The van der Waals surface area contributed by atoms with E-state index in [2.05, 4.69) is 32.0 Å². The molecule has 0 heterocycles. The van der Waals surface area contributed by atoms with Crippen molar-refractivity contribution in [2.45, 2.75) is 25.4 Å². The van der Waals surface area contributed by atoms with E-state index in [1.807, 2.05) is 30.0 Å². The fourth-order valence-corrected chi connectivity index (χ4v) is 3.29. The van der Waals surface area contributed by atoms with Crippen molar-refractivity contribution in [3.8, 4) is 5.75 Å². The van der Waals surface area contributed by atoms with Crippen LogP contribution in [0.15, 0.2) is 36.4 Å². The van der Waals surface area contributed by atoms with Crippen molar-refractivity contribution in [1.82, 2.24) is 0 Å². The number of anilines is 1. The zero-order valence-electron chi connectivity index (χ0n) is 12.3. The Hall–Kier alpha value is -1.61. The van der Waals surface area contributed by atoms with Crippen LogP contribution in [0, 0.1) is 13.8 Å². The number of methoxy groups -OCH3 is 1. The van der Waals surface area contributed by atoms with Crippen LogP contribution in [0.1, 0.15) is 22.3 Å². The molecule has 2 rings (SSSR count). The summed E-state index contributed by atoms with van der Waals surface area (Å²) in [5.41, 5.74) is 11.8. The van der Waals surface area contributed by atoms with Gasteiger partial charge < -0.3 is 10.5 Å². The van der Waals surface area contributed by atoms with Gasteiger partial charge in [-0.1, -0.05) is 29.3 Å². The molecule has 0 bridgehead atoms. The molecule has 20 heavy (non-hydrogen) atoms. The first-order valence-electron chi connectivity index (χ1n) is 6.66. The molecule has 0 aliphatic heterocycles. The van der Waals surface area contributed by atoms with E-state index < -0.39 is 0 Å². The summed E-state index contributed by atoms with van der Waals surface area (Å²) in [6, 6.07) is 12.5. The average molecular weight is 287 g/mol. The molecule has 0 unspecified atom stereocenters. The molecule has 0 aliphatic rings. The van der Waals surface area contributed by atoms with Gasteiger partial charge in [0.1, 0.15) is 5.75 Å². The highest BCUT2D eigenvalue weighted by molar-refractivity contribution is 7.97. The van der Waals surface area contributed by atoms with Crippen LogP contribution in [0.4, 0.5) is 5.69 Å². The highest BCUT2D eigenvalue weighted by Gasteiger charge is 2.04. The second-order valence-corrected chi connectivity index (χ2v) is 6.05. The number of nitrogen functional groups attached to an aromatic ring is 1. The third kappa shape index (κ3) is 3.94. The summed E-state index contributed by atoms with van der Waals surface area (Å²) in [6.07, 6.45) is 0. The molecule has 0 aromatic heterocycles. The van der Waals surface area contributed by atoms with Crippen molar-refractivity contribution < 1.29 is 4.74 Å². The van der Waals surface area contributed by atoms with E-state index in [0.717, 1.165) is 28.5 Å². The van der Waals surface area contributed by atoms with E-state index >= 15 is 0 Å². The Morgan fingerprint density at radius 2 is 1.70 bits per heavy atom. The third-order valence-electron chi connectivity index (χ3n) is 3.11. The molecule has 106 valence electrons. The summed E-state index contributed by atoms with van der Waals surface area (Å²) in [4.78, 5) is 0. The molecule has 3 heteroatoms. The molecule has 2 aromatic rings. The predicted octanol–water partition coefficient (Wildman–Crippen LogP) is 4.33. The lowest BCUT2D eigenvalue weighted by Gasteiger charge is -2.10. The molecule has 0 saturated heterocycles. The summed E-state index contributed by atoms with van der Waals surface area (Å²) in [7, 11) is 1.70. The number of hydrogen-bond acceptors (Lipinski definition) is 3. The lowest BCUT2D eigenvalue weighted by Crippen LogP contribution is -1.94. The monoisotopic (exact) mass is 287 g/mol. The van der Waals surface area contributed by atoms with Crippen LogP contribution in [0.5, 0.6) is 5.75 Å². The maximum atomic E-state index is 5.84. The van der Waals surface area contributed by atoms with Crippen LogP contribution in [0.25, 0.3) is 0 Å². The molecular weight excluding hydrogens is 266 g/mol. The number of aryl methyl sites for hydroxylation is 2. The number of hydrogen-bond donors (Lipinski definition) is 1. The standard InChI is InChI=1S/C17H21NOS/c1-12-6-13(2)8-14(7-12)10-20-11-15-9-16(18)4-5-17(15)19-3/h4-9H,10-11,18H2,1-3H3. The summed E-state index contributed by atoms with van der Waals surface area (Å²) in [5, 5.41) is 0. The minimum atomic E-state index is 0.785. The maximum absolute atomic E-state index is 5.84. The molecule has 0 radical (unpaired) electrons. The van der Waals surface area contributed by atoms with Crippen molar-refractivity contribution >= 4 is 17.4 Å². The van der Waals surface area contributed by atoms with Crippen LogP contribution < -0.4 is 10.5 Å². The van der Waals surface area contributed by atoms with Gasteiger partial charge in [-0.15, -0.1) is 0 Å². The Labute approximate surface area is 125 Å². The fraction of sp³-hybridized carbons (Fsp3) is 0.294. The Balaban J connectivity index is 2.00. The minimum absolute atomic E-state index is 0.785. The van der Waals surface area contributed by atoms with Gasteiger partial charge in [0, 0.05) is 22.8 Å². The van der Waals surface area contributed by atoms with Gasteiger partial charge in [0.25, 0.3) is 0 Å². The Morgan fingerprint density at radius 3 is 2.35 bits per heavy atom. The van der Waals surface area contributed by atoms with Gasteiger partial charge >= 0.3 is 0 Å². The summed E-state index contributed by atoms with van der Waals surface area (Å²) >= 11 is 1.88. The van der Waals surface area contributed by atoms with Crippen LogP contribution in [0.2, 0.25) is 0 Å². The molecule has 2 nitrogen and oxygen atoms in total. The summed E-state index contributed by atoms with van der Waals surface area (Å²) in [5.74, 6) is 2.81. The first kappa shape index (κ1) is 14.8. The number of benzene rings is 2. The Bertz CT molecular complexity index is 575.